The highest BCUT2D eigenvalue weighted by Crippen LogP contribution is 2.28. The minimum absolute atomic E-state index is 0.167. The van der Waals surface area contributed by atoms with Crippen molar-refractivity contribution in [2.24, 2.45) is 0 Å². The number of phenols is 1. The lowest BCUT2D eigenvalue weighted by Gasteiger charge is -2.19. The summed E-state index contributed by atoms with van der Waals surface area (Å²) in [5, 5.41) is 20.0. The number of benzene rings is 2. The molecular weight excluding hydrogens is 448 g/mol. The fourth-order valence-corrected chi connectivity index (χ4v) is 5.21. The molecule has 3 aromatic rings. The molecule has 1 fully saturated rings. The van der Waals surface area contributed by atoms with Gasteiger partial charge >= 0.3 is 0 Å². The minimum atomic E-state index is 0.167. The topological polar surface area (TPSA) is 72.6 Å². The third kappa shape index (κ3) is 6.31. The molecule has 1 aliphatic rings. The highest BCUT2D eigenvalue weighted by molar-refractivity contribution is 7.98. The summed E-state index contributed by atoms with van der Waals surface area (Å²) in [5.41, 5.74) is 3.68. The van der Waals surface area contributed by atoms with Crippen LogP contribution in [0.25, 0.3) is 0 Å². The fraction of sp³-hybridized carbons (Fsp3) is 0.462. The highest BCUT2D eigenvalue weighted by atomic mass is 32.2. The van der Waals surface area contributed by atoms with Crippen molar-refractivity contribution in [1.82, 2.24) is 19.7 Å². The number of ether oxygens (including phenoxy) is 2. The molecule has 34 heavy (non-hydrogen) atoms. The molecule has 1 aromatic heterocycles. The van der Waals surface area contributed by atoms with Crippen LogP contribution in [0.15, 0.2) is 47.6 Å². The standard InChI is InChI=1S/C26H34N4O3S/c1-4-32-24-14-20(11-12-23(24)31)15-29(3)17-25-27-28-26(30(25)16-22-10-7-13-33-22)34-18-21-9-6-5-8-19(21)2/h5-6,8-9,11-12,14,22,31H,4,7,10,13,15-18H2,1-3H3. The summed E-state index contributed by atoms with van der Waals surface area (Å²) in [4.78, 5) is 2.20. The maximum Gasteiger partial charge on any atom is 0.191 e. The largest absolute Gasteiger partial charge is 0.504 e. The average Bonchev–Trinajstić information content (AvgIpc) is 3.47. The van der Waals surface area contributed by atoms with Crippen molar-refractivity contribution in [1.29, 1.82) is 0 Å². The SMILES string of the molecule is CCOc1cc(CN(C)Cc2nnc(SCc3ccccc3C)n2CC2CCCO2)ccc1O. The molecule has 182 valence electrons. The van der Waals surface area contributed by atoms with E-state index in [-0.39, 0.29) is 11.9 Å². The van der Waals surface area contributed by atoms with E-state index < -0.39 is 0 Å². The third-order valence-electron chi connectivity index (χ3n) is 6.01. The second-order valence-corrected chi connectivity index (χ2v) is 9.71. The van der Waals surface area contributed by atoms with Crippen LogP contribution in [0.4, 0.5) is 0 Å². The normalized spacial score (nSPS) is 15.8. The quantitative estimate of drug-likeness (QED) is 0.394. The molecular formula is C26H34N4O3S. The summed E-state index contributed by atoms with van der Waals surface area (Å²) < 4.78 is 13.7. The Bertz CT molecular complexity index is 1080. The molecule has 0 amide bonds. The van der Waals surface area contributed by atoms with Gasteiger partial charge in [-0.15, -0.1) is 10.2 Å². The van der Waals surface area contributed by atoms with E-state index in [0.717, 1.165) is 48.3 Å². The predicted molar refractivity (Wildman–Crippen MR) is 134 cm³/mol. The summed E-state index contributed by atoms with van der Waals surface area (Å²) in [6, 6.07) is 14.0. The van der Waals surface area contributed by atoms with Crippen molar-refractivity contribution in [3.05, 3.63) is 65.0 Å². The zero-order chi connectivity index (χ0) is 23.9. The van der Waals surface area contributed by atoms with Gasteiger partial charge in [0.1, 0.15) is 5.82 Å². The molecule has 1 N–H and O–H groups in total. The van der Waals surface area contributed by atoms with E-state index in [2.05, 4.69) is 57.9 Å². The number of aromatic nitrogens is 3. The first-order valence-corrected chi connectivity index (χ1v) is 12.9. The van der Waals surface area contributed by atoms with Gasteiger partial charge in [-0.05, 0) is 62.6 Å². The van der Waals surface area contributed by atoms with Gasteiger partial charge in [0, 0.05) is 18.9 Å². The Balaban J connectivity index is 1.47. The number of nitrogens with zero attached hydrogens (tertiary/aromatic N) is 4. The Morgan fingerprint density at radius 1 is 1.21 bits per heavy atom. The lowest BCUT2D eigenvalue weighted by molar-refractivity contribution is 0.0934. The van der Waals surface area contributed by atoms with Gasteiger partial charge in [0.2, 0.25) is 0 Å². The molecule has 1 atom stereocenters. The maximum atomic E-state index is 9.99. The molecule has 4 rings (SSSR count). The van der Waals surface area contributed by atoms with Crippen molar-refractivity contribution in [2.45, 2.75) is 63.3 Å². The number of rotatable bonds is 11. The van der Waals surface area contributed by atoms with E-state index in [9.17, 15) is 5.11 Å². The van der Waals surface area contributed by atoms with E-state index in [1.807, 2.05) is 19.1 Å². The molecule has 1 saturated heterocycles. The van der Waals surface area contributed by atoms with Crippen LogP contribution < -0.4 is 4.74 Å². The molecule has 0 aliphatic carbocycles. The van der Waals surface area contributed by atoms with E-state index in [0.29, 0.717) is 25.4 Å². The van der Waals surface area contributed by atoms with Gasteiger partial charge < -0.3 is 19.1 Å². The first kappa shape index (κ1) is 24.6. The van der Waals surface area contributed by atoms with Crippen molar-refractivity contribution in [3.63, 3.8) is 0 Å². The molecule has 7 nitrogen and oxygen atoms in total. The average molecular weight is 483 g/mol. The first-order chi connectivity index (χ1) is 16.5. The Labute approximate surface area is 206 Å². The van der Waals surface area contributed by atoms with Crippen LogP contribution in [0.3, 0.4) is 0 Å². The van der Waals surface area contributed by atoms with Gasteiger partial charge in [-0.1, -0.05) is 42.1 Å². The Morgan fingerprint density at radius 2 is 2.06 bits per heavy atom. The monoisotopic (exact) mass is 482 g/mol. The number of hydrogen-bond donors (Lipinski definition) is 1. The lowest BCUT2D eigenvalue weighted by atomic mass is 10.1. The Hall–Kier alpha value is -2.55. The summed E-state index contributed by atoms with van der Waals surface area (Å²) in [6.45, 7) is 7.55. The van der Waals surface area contributed by atoms with Crippen molar-refractivity contribution in [3.8, 4) is 11.5 Å². The predicted octanol–water partition coefficient (Wildman–Crippen LogP) is 4.79. The van der Waals surface area contributed by atoms with Gasteiger partial charge in [-0.2, -0.15) is 0 Å². The van der Waals surface area contributed by atoms with Gasteiger partial charge in [-0.3, -0.25) is 4.90 Å². The van der Waals surface area contributed by atoms with Gasteiger partial charge in [0.15, 0.2) is 16.7 Å². The number of hydrogen-bond acceptors (Lipinski definition) is 7. The van der Waals surface area contributed by atoms with Crippen LogP contribution in [0, 0.1) is 6.92 Å². The second-order valence-electron chi connectivity index (χ2n) is 8.77. The molecule has 0 bridgehead atoms. The van der Waals surface area contributed by atoms with Crippen LogP contribution in [-0.4, -0.2) is 51.1 Å². The third-order valence-corrected chi connectivity index (χ3v) is 7.03. The summed E-state index contributed by atoms with van der Waals surface area (Å²) in [6.07, 6.45) is 2.39. The van der Waals surface area contributed by atoms with E-state index in [1.165, 1.54) is 11.1 Å². The van der Waals surface area contributed by atoms with Crippen LogP contribution in [-0.2, 0) is 30.1 Å². The zero-order valence-corrected chi connectivity index (χ0v) is 21.1. The Kier molecular flexibility index (Phi) is 8.48. The number of thioether (sulfide) groups is 1. The van der Waals surface area contributed by atoms with Crippen LogP contribution in [0.1, 0.15) is 42.3 Å². The second kappa shape index (κ2) is 11.7. The first-order valence-electron chi connectivity index (χ1n) is 11.9. The van der Waals surface area contributed by atoms with E-state index in [4.69, 9.17) is 9.47 Å². The number of phenolic OH excluding ortho intramolecular Hbond substituents is 1. The minimum Gasteiger partial charge on any atom is -0.504 e. The molecule has 0 saturated carbocycles. The highest BCUT2D eigenvalue weighted by Gasteiger charge is 2.22. The number of aryl methyl sites for hydroxylation is 1. The lowest BCUT2D eigenvalue weighted by Crippen LogP contribution is -2.23. The summed E-state index contributed by atoms with van der Waals surface area (Å²) >= 11 is 1.73. The summed E-state index contributed by atoms with van der Waals surface area (Å²) in [5.74, 6) is 2.48. The molecule has 8 heteroatoms. The van der Waals surface area contributed by atoms with Crippen molar-refractivity contribution in [2.75, 3.05) is 20.3 Å². The van der Waals surface area contributed by atoms with E-state index in [1.54, 1.807) is 17.8 Å². The van der Waals surface area contributed by atoms with Crippen LogP contribution in [0.2, 0.25) is 0 Å². The molecule has 2 aromatic carbocycles. The molecule has 2 heterocycles. The van der Waals surface area contributed by atoms with Gasteiger partial charge in [0.05, 0.1) is 25.8 Å². The number of aromatic hydroxyl groups is 1. The smallest absolute Gasteiger partial charge is 0.191 e. The fourth-order valence-electron chi connectivity index (χ4n) is 4.17. The molecule has 0 spiro atoms. The van der Waals surface area contributed by atoms with E-state index >= 15 is 0 Å². The zero-order valence-electron chi connectivity index (χ0n) is 20.2. The Morgan fingerprint density at radius 3 is 2.82 bits per heavy atom. The molecule has 1 unspecified atom stereocenters. The molecule has 0 radical (unpaired) electrons. The van der Waals surface area contributed by atoms with Crippen molar-refractivity contribution < 1.29 is 14.6 Å². The van der Waals surface area contributed by atoms with Crippen LogP contribution in [0.5, 0.6) is 11.5 Å². The van der Waals surface area contributed by atoms with Crippen molar-refractivity contribution >= 4 is 11.8 Å². The van der Waals surface area contributed by atoms with Gasteiger partial charge in [-0.25, -0.2) is 0 Å². The maximum absolute atomic E-state index is 9.99. The molecule has 1 aliphatic heterocycles. The van der Waals surface area contributed by atoms with Gasteiger partial charge in [0.25, 0.3) is 0 Å². The van der Waals surface area contributed by atoms with Crippen LogP contribution >= 0.6 is 11.8 Å². The summed E-state index contributed by atoms with van der Waals surface area (Å²) in [7, 11) is 2.07.